The summed E-state index contributed by atoms with van der Waals surface area (Å²) in [6.45, 7) is 15.9. The number of aryl methyl sites for hydroxylation is 1. The number of ether oxygens (including phenoxy) is 2. The fourth-order valence-electron chi connectivity index (χ4n) is 4.04. The van der Waals surface area contributed by atoms with Crippen molar-refractivity contribution in [3.63, 3.8) is 0 Å². The number of hydrogen-bond donors (Lipinski definition) is 0. The summed E-state index contributed by atoms with van der Waals surface area (Å²) in [4.78, 5) is 0. The van der Waals surface area contributed by atoms with Crippen LogP contribution in [0.1, 0.15) is 56.9 Å². The molecule has 0 fully saturated rings. The number of likely N-dealkylation sites (N-methyl/N-ethyl adjacent to an activating group) is 1. The lowest BCUT2D eigenvalue weighted by Gasteiger charge is -2.30. The minimum Gasteiger partial charge on any atom is -0.465 e. The van der Waals surface area contributed by atoms with Gasteiger partial charge < -0.3 is 14.0 Å². The van der Waals surface area contributed by atoms with Gasteiger partial charge in [-0.1, -0.05) is 70.2 Å². The Morgan fingerprint density at radius 3 is 2.10 bits per heavy atom. The minimum atomic E-state index is -0.268. The van der Waals surface area contributed by atoms with Crippen LogP contribution in [0.5, 0.6) is 5.75 Å². The van der Waals surface area contributed by atoms with Gasteiger partial charge in [0, 0.05) is 5.56 Å². The van der Waals surface area contributed by atoms with Crippen molar-refractivity contribution < 1.29 is 14.0 Å². The summed E-state index contributed by atoms with van der Waals surface area (Å²) in [6.07, 6.45) is 1.85. The maximum atomic E-state index is 6.40. The van der Waals surface area contributed by atoms with Crippen molar-refractivity contribution in [2.75, 3.05) is 27.2 Å². The zero-order valence-corrected chi connectivity index (χ0v) is 21.1. The molecule has 0 saturated carbocycles. The summed E-state index contributed by atoms with van der Waals surface area (Å²) in [5.74, 6) is 2.24. The summed E-state index contributed by atoms with van der Waals surface area (Å²) < 4.78 is 13.4. The van der Waals surface area contributed by atoms with Gasteiger partial charge in [-0.3, -0.25) is 0 Å². The van der Waals surface area contributed by atoms with Gasteiger partial charge in [0.05, 0.1) is 20.7 Å². The standard InChI is InChI=1S/C28H44NO2/c1-21(2)18-26-15-14-23(5)28(27(26)19-22(3)4)31-24(6)30-17-16-29(7,8)20-25-12-10-9-11-13-25/h9-15,21-22,24H,16-20H2,1-8H3/q+1. The molecule has 0 amide bonds. The van der Waals surface area contributed by atoms with E-state index < -0.39 is 0 Å². The summed E-state index contributed by atoms with van der Waals surface area (Å²) in [6, 6.07) is 15.1. The van der Waals surface area contributed by atoms with Gasteiger partial charge in [0.15, 0.2) is 6.29 Å². The van der Waals surface area contributed by atoms with E-state index in [-0.39, 0.29) is 6.29 Å². The van der Waals surface area contributed by atoms with Crippen molar-refractivity contribution >= 4 is 0 Å². The number of benzene rings is 2. The number of nitrogens with zero attached hydrogens (tertiary/aromatic N) is 1. The monoisotopic (exact) mass is 426 g/mol. The zero-order chi connectivity index (χ0) is 23.0. The van der Waals surface area contributed by atoms with Gasteiger partial charge in [-0.25, -0.2) is 0 Å². The topological polar surface area (TPSA) is 18.5 Å². The highest BCUT2D eigenvalue weighted by Crippen LogP contribution is 2.32. The van der Waals surface area contributed by atoms with E-state index in [0.717, 1.165) is 36.2 Å². The van der Waals surface area contributed by atoms with Crippen LogP contribution in [0.3, 0.4) is 0 Å². The third kappa shape index (κ3) is 8.66. The summed E-state index contributed by atoms with van der Waals surface area (Å²) >= 11 is 0. The molecular weight excluding hydrogens is 382 g/mol. The van der Waals surface area contributed by atoms with Gasteiger partial charge in [0.2, 0.25) is 0 Å². The van der Waals surface area contributed by atoms with E-state index in [2.05, 4.69) is 91.2 Å². The molecule has 0 spiro atoms. The van der Waals surface area contributed by atoms with Crippen LogP contribution < -0.4 is 4.74 Å². The van der Waals surface area contributed by atoms with E-state index in [1.54, 1.807) is 0 Å². The third-order valence-electron chi connectivity index (χ3n) is 5.58. The van der Waals surface area contributed by atoms with Crippen LogP contribution in [-0.2, 0) is 24.1 Å². The van der Waals surface area contributed by atoms with Gasteiger partial charge in [0.25, 0.3) is 0 Å². The van der Waals surface area contributed by atoms with Gasteiger partial charge in [0.1, 0.15) is 18.8 Å². The van der Waals surface area contributed by atoms with E-state index in [9.17, 15) is 0 Å². The van der Waals surface area contributed by atoms with Gasteiger partial charge in [-0.2, -0.15) is 0 Å². The largest absolute Gasteiger partial charge is 0.465 e. The molecule has 172 valence electrons. The second-order valence-electron chi connectivity index (χ2n) is 10.4. The van der Waals surface area contributed by atoms with Crippen molar-refractivity contribution in [3.05, 3.63) is 64.7 Å². The van der Waals surface area contributed by atoms with E-state index in [4.69, 9.17) is 9.47 Å². The smallest absolute Gasteiger partial charge is 0.197 e. The Bertz CT molecular complexity index is 796. The molecule has 0 saturated heterocycles. The molecule has 0 aliphatic rings. The van der Waals surface area contributed by atoms with Crippen molar-refractivity contribution in [2.24, 2.45) is 11.8 Å². The second-order valence-corrected chi connectivity index (χ2v) is 10.4. The molecule has 3 heteroatoms. The molecule has 0 heterocycles. The molecular formula is C28H44NO2+. The molecule has 2 aromatic carbocycles. The first kappa shape index (κ1) is 25.4. The SMILES string of the molecule is Cc1ccc(CC(C)C)c(CC(C)C)c1OC(C)OCC[N+](C)(C)Cc1ccccc1. The fraction of sp³-hybridized carbons (Fsp3) is 0.571. The molecule has 0 aliphatic heterocycles. The average Bonchev–Trinajstić information content (AvgIpc) is 2.66. The molecule has 31 heavy (non-hydrogen) atoms. The Kier molecular flexibility index (Phi) is 9.58. The molecule has 2 rings (SSSR count). The molecule has 3 nitrogen and oxygen atoms in total. The molecule has 0 radical (unpaired) electrons. The first-order chi connectivity index (χ1) is 14.6. The molecule has 2 aromatic rings. The van der Waals surface area contributed by atoms with Crippen LogP contribution in [-0.4, -0.2) is 38.0 Å². The Morgan fingerprint density at radius 2 is 1.48 bits per heavy atom. The van der Waals surface area contributed by atoms with Gasteiger partial charge in [-0.15, -0.1) is 0 Å². The Labute approximate surface area is 191 Å². The molecule has 1 unspecified atom stereocenters. The molecule has 0 aliphatic carbocycles. The van der Waals surface area contributed by atoms with Crippen LogP contribution in [0.25, 0.3) is 0 Å². The van der Waals surface area contributed by atoms with E-state index in [1.165, 1.54) is 22.3 Å². The van der Waals surface area contributed by atoms with Crippen molar-refractivity contribution in [1.82, 2.24) is 0 Å². The average molecular weight is 427 g/mol. The van der Waals surface area contributed by atoms with Gasteiger partial charge in [-0.05, 0) is 55.2 Å². The Hall–Kier alpha value is -1.84. The predicted molar refractivity (Wildman–Crippen MR) is 131 cm³/mol. The highest BCUT2D eigenvalue weighted by molar-refractivity contribution is 5.46. The highest BCUT2D eigenvalue weighted by atomic mass is 16.7. The second kappa shape index (κ2) is 11.7. The fourth-order valence-corrected chi connectivity index (χ4v) is 4.04. The number of rotatable bonds is 12. The summed E-state index contributed by atoms with van der Waals surface area (Å²) in [7, 11) is 4.50. The molecule has 0 N–H and O–H groups in total. The quantitative estimate of drug-likeness (QED) is 0.288. The normalized spacial score (nSPS) is 13.1. The lowest BCUT2D eigenvalue weighted by Crippen LogP contribution is -2.42. The van der Waals surface area contributed by atoms with Crippen molar-refractivity contribution in [3.8, 4) is 5.75 Å². The van der Waals surface area contributed by atoms with Crippen molar-refractivity contribution in [2.45, 2.75) is 67.2 Å². The van der Waals surface area contributed by atoms with Crippen LogP contribution >= 0.6 is 0 Å². The minimum absolute atomic E-state index is 0.268. The highest BCUT2D eigenvalue weighted by Gasteiger charge is 2.19. The van der Waals surface area contributed by atoms with E-state index in [1.807, 2.05) is 6.92 Å². The maximum absolute atomic E-state index is 6.40. The van der Waals surface area contributed by atoms with Gasteiger partial charge >= 0.3 is 0 Å². The predicted octanol–water partition coefficient (Wildman–Crippen LogP) is 6.41. The Balaban J connectivity index is 2.01. The zero-order valence-electron chi connectivity index (χ0n) is 21.1. The maximum Gasteiger partial charge on any atom is 0.197 e. The first-order valence-corrected chi connectivity index (χ1v) is 11.8. The lowest BCUT2D eigenvalue weighted by atomic mass is 9.90. The molecule has 0 aromatic heterocycles. The molecule has 1 atom stereocenters. The number of quaternary nitrogens is 1. The van der Waals surface area contributed by atoms with E-state index >= 15 is 0 Å². The first-order valence-electron chi connectivity index (χ1n) is 11.8. The van der Waals surface area contributed by atoms with Crippen LogP contribution in [0.4, 0.5) is 0 Å². The van der Waals surface area contributed by atoms with Crippen LogP contribution in [0, 0.1) is 18.8 Å². The van der Waals surface area contributed by atoms with Crippen LogP contribution in [0.2, 0.25) is 0 Å². The summed E-state index contributed by atoms with van der Waals surface area (Å²) in [5.41, 5.74) is 5.32. The lowest BCUT2D eigenvalue weighted by molar-refractivity contribution is -0.904. The Morgan fingerprint density at radius 1 is 0.839 bits per heavy atom. The molecule has 0 bridgehead atoms. The van der Waals surface area contributed by atoms with Crippen LogP contribution in [0.15, 0.2) is 42.5 Å². The van der Waals surface area contributed by atoms with E-state index in [0.29, 0.717) is 18.4 Å². The van der Waals surface area contributed by atoms with Crippen molar-refractivity contribution in [1.29, 1.82) is 0 Å². The summed E-state index contributed by atoms with van der Waals surface area (Å²) in [5, 5.41) is 0. The third-order valence-corrected chi connectivity index (χ3v) is 5.58. The number of hydrogen-bond acceptors (Lipinski definition) is 2.